The molecule has 0 spiro atoms. The maximum atomic E-state index is 12.3. The molecule has 5 nitrogen and oxygen atoms in total. The van der Waals surface area contributed by atoms with Gasteiger partial charge >= 0.3 is 0 Å². The third-order valence-electron chi connectivity index (χ3n) is 4.52. The maximum Gasteiger partial charge on any atom is 0.236 e. The number of hydrogen-bond donors (Lipinski definition) is 1. The van der Waals surface area contributed by atoms with E-state index in [0.29, 0.717) is 12.5 Å². The Kier molecular flexibility index (Phi) is 4.35. The third kappa shape index (κ3) is 3.68. The van der Waals surface area contributed by atoms with Crippen LogP contribution in [0.1, 0.15) is 19.3 Å². The number of rotatable bonds is 3. The fourth-order valence-electron chi connectivity index (χ4n) is 3.13. The SMILES string of the molecule is O=C(CN1CCCNCC1)N1CCN(C2CC2)CC1. The predicted octanol–water partition coefficient (Wildman–Crippen LogP) is -0.412. The summed E-state index contributed by atoms with van der Waals surface area (Å²) in [6.45, 7) is 8.81. The molecule has 19 heavy (non-hydrogen) atoms. The summed E-state index contributed by atoms with van der Waals surface area (Å²) >= 11 is 0. The molecule has 5 heteroatoms. The van der Waals surface area contributed by atoms with Crippen LogP contribution in [0.2, 0.25) is 0 Å². The van der Waals surface area contributed by atoms with Crippen LogP contribution in [0.25, 0.3) is 0 Å². The van der Waals surface area contributed by atoms with Gasteiger partial charge in [-0.3, -0.25) is 14.6 Å². The lowest BCUT2D eigenvalue weighted by atomic mass is 10.3. The molecule has 1 N–H and O–H groups in total. The van der Waals surface area contributed by atoms with Gasteiger partial charge in [0.25, 0.3) is 0 Å². The Labute approximate surface area is 115 Å². The summed E-state index contributed by atoms with van der Waals surface area (Å²) in [5.74, 6) is 0.331. The molecule has 1 amide bonds. The molecule has 0 atom stereocenters. The van der Waals surface area contributed by atoms with E-state index in [0.717, 1.165) is 64.8 Å². The Hall–Kier alpha value is -0.650. The number of carbonyl (C=O) groups is 1. The molecular formula is C14H26N4O. The van der Waals surface area contributed by atoms with Gasteiger partial charge < -0.3 is 10.2 Å². The minimum absolute atomic E-state index is 0.331. The van der Waals surface area contributed by atoms with Gasteiger partial charge in [-0.15, -0.1) is 0 Å². The van der Waals surface area contributed by atoms with Crippen LogP contribution in [0.15, 0.2) is 0 Å². The molecule has 2 heterocycles. The van der Waals surface area contributed by atoms with E-state index in [1.165, 1.54) is 12.8 Å². The molecule has 1 saturated carbocycles. The minimum Gasteiger partial charge on any atom is -0.339 e. The lowest BCUT2D eigenvalue weighted by Gasteiger charge is -2.35. The first-order valence-corrected chi connectivity index (χ1v) is 7.78. The first-order chi connectivity index (χ1) is 9.33. The van der Waals surface area contributed by atoms with Crippen LogP contribution >= 0.6 is 0 Å². The summed E-state index contributed by atoms with van der Waals surface area (Å²) in [6.07, 6.45) is 3.90. The molecule has 3 fully saturated rings. The monoisotopic (exact) mass is 266 g/mol. The molecule has 0 radical (unpaired) electrons. The van der Waals surface area contributed by atoms with E-state index >= 15 is 0 Å². The van der Waals surface area contributed by atoms with Crippen molar-refractivity contribution in [1.82, 2.24) is 20.0 Å². The van der Waals surface area contributed by atoms with E-state index < -0.39 is 0 Å². The Morgan fingerprint density at radius 3 is 2.53 bits per heavy atom. The van der Waals surface area contributed by atoms with Crippen LogP contribution in [0.3, 0.4) is 0 Å². The molecule has 0 aromatic heterocycles. The molecule has 0 bridgehead atoms. The number of hydrogen-bond acceptors (Lipinski definition) is 4. The van der Waals surface area contributed by atoms with E-state index in [9.17, 15) is 4.79 Å². The quantitative estimate of drug-likeness (QED) is 0.754. The molecule has 2 saturated heterocycles. The van der Waals surface area contributed by atoms with Gasteiger partial charge in [0.2, 0.25) is 5.91 Å². The van der Waals surface area contributed by atoms with Gasteiger partial charge in [-0.25, -0.2) is 0 Å². The summed E-state index contributed by atoms with van der Waals surface area (Å²) in [4.78, 5) is 19.2. The van der Waals surface area contributed by atoms with Gasteiger partial charge in [0.1, 0.15) is 0 Å². The zero-order valence-electron chi connectivity index (χ0n) is 11.8. The summed E-state index contributed by atoms with van der Waals surface area (Å²) < 4.78 is 0. The smallest absolute Gasteiger partial charge is 0.236 e. The van der Waals surface area contributed by atoms with Crippen LogP contribution in [-0.4, -0.2) is 85.6 Å². The molecule has 1 aliphatic carbocycles. The average molecular weight is 266 g/mol. The second-order valence-electron chi connectivity index (χ2n) is 6.03. The van der Waals surface area contributed by atoms with Crippen LogP contribution in [0.4, 0.5) is 0 Å². The summed E-state index contributed by atoms with van der Waals surface area (Å²) in [5.41, 5.74) is 0. The largest absolute Gasteiger partial charge is 0.339 e. The lowest BCUT2D eigenvalue weighted by Crippen LogP contribution is -2.51. The highest BCUT2D eigenvalue weighted by Crippen LogP contribution is 2.27. The average Bonchev–Trinajstić information content (AvgIpc) is 3.27. The molecule has 0 unspecified atom stereocenters. The molecule has 0 aromatic carbocycles. The highest BCUT2D eigenvalue weighted by Gasteiger charge is 2.32. The van der Waals surface area contributed by atoms with E-state index in [1.807, 2.05) is 0 Å². The Balaban J connectivity index is 1.42. The number of piperazine rings is 1. The summed E-state index contributed by atoms with van der Waals surface area (Å²) in [5, 5.41) is 3.38. The summed E-state index contributed by atoms with van der Waals surface area (Å²) in [7, 11) is 0. The van der Waals surface area contributed by atoms with Crippen molar-refractivity contribution in [2.24, 2.45) is 0 Å². The topological polar surface area (TPSA) is 38.8 Å². The van der Waals surface area contributed by atoms with Gasteiger partial charge in [0, 0.05) is 45.3 Å². The van der Waals surface area contributed by atoms with Crippen molar-refractivity contribution >= 4 is 5.91 Å². The third-order valence-corrected chi connectivity index (χ3v) is 4.52. The number of nitrogens with one attached hydrogen (secondary N) is 1. The zero-order valence-corrected chi connectivity index (χ0v) is 11.8. The van der Waals surface area contributed by atoms with Crippen LogP contribution < -0.4 is 5.32 Å². The second-order valence-corrected chi connectivity index (χ2v) is 6.03. The fraction of sp³-hybridized carbons (Fsp3) is 0.929. The number of amides is 1. The Morgan fingerprint density at radius 1 is 1.00 bits per heavy atom. The Bertz CT molecular complexity index is 303. The molecule has 3 rings (SSSR count). The molecular weight excluding hydrogens is 240 g/mol. The van der Waals surface area contributed by atoms with Crippen molar-refractivity contribution in [3.63, 3.8) is 0 Å². The second kappa shape index (κ2) is 6.20. The van der Waals surface area contributed by atoms with Crippen molar-refractivity contribution in [2.45, 2.75) is 25.3 Å². The molecule has 0 aromatic rings. The molecule has 2 aliphatic heterocycles. The number of carbonyl (C=O) groups excluding carboxylic acids is 1. The lowest BCUT2D eigenvalue weighted by molar-refractivity contribution is -0.134. The van der Waals surface area contributed by atoms with E-state index in [1.54, 1.807) is 0 Å². The van der Waals surface area contributed by atoms with Crippen molar-refractivity contribution in [3.05, 3.63) is 0 Å². The van der Waals surface area contributed by atoms with Gasteiger partial charge in [-0.1, -0.05) is 0 Å². The zero-order chi connectivity index (χ0) is 13.1. The van der Waals surface area contributed by atoms with Gasteiger partial charge in [0.05, 0.1) is 6.54 Å². The van der Waals surface area contributed by atoms with Gasteiger partial charge in [-0.2, -0.15) is 0 Å². The maximum absolute atomic E-state index is 12.3. The van der Waals surface area contributed by atoms with Gasteiger partial charge in [0.15, 0.2) is 0 Å². The highest BCUT2D eigenvalue weighted by molar-refractivity contribution is 5.78. The van der Waals surface area contributed by atoms with Crippen molar-refractivity contribution < 1.29 is 4.79 Å². The normalized spacial score (nSPS) is 27.3. The minimum atomic E-state index is 0.331. The van der Waals surface area contributed by atoms with Crippen LogP contribution in [0.5, 0.6) is 0 Å². The number of nitrogens with zero attached hydrogens (tertiary/aromatic N) is 3. The van der Waals surface area contributed by atoms with Crippen molar-refractivity contribution in [3.8, 4) is 0 Å². The van der Waals surface area contributed by atoms with Crippen LogP contribution in [-0.2, 0) is 4.79 Å². The van der Waals surface area contributed by atoms with Gasteiger partial charge in [-0.05, 0) is 32.4 Å². The fourth-order valence-corrected chi connectivity index (χ4v) is 3.13. The predicted molar refractivity (Wildman–Crippen MR) is 75.1 cm³/mol. The molecule has 3 aliphatic rings. The first-order valence-electron chi connectivity index (χ1n) is 7.78. The van der Waals surface area contributed by atoms with Crippen LogP contribution in [0, 0.1) is 0 Å². The van der Waals surface area contributed by atoms with E-state index in [2.05, 4.69) is 20.0 Å². The Morgan fingerprint density at radius 2 is 1.79 bits per heavy atom. The van der Waals surface area contributed by atoms with Crippen molar-refractivity contribution in [1.29, 1.82) is 0 Å². The highest BCUT2D eigenvalue weighted by atomic mass is 16.2. The standard InChI is InChI=1S/C14H26N4O/c19-14(12-16-6-1-4-15-5-7-16)18-10-8-17(9-11-18)13-2-3-13/h13,15H,1-12H2. The first kappa shape index (κ1) is 13.3. The van der Waals surface area contributed by atoms with Crippen molar-refractivity contribution in [2.75, 3.05) is 58.9 Å². The summed E-state index contributed by atoms with van der Waals surface area (Å²) in [6, 6.07) is 0.842. The van der Waals surface area contributed by atoms with E-state index in [-0.39, 0.29) is 0 Å². The molecule has 108 valence electrons. The van der Waals surface area contributed by atoms with E-state index in [4.69, 9.17) is 0 Å².